The molecule has 1 aliphatic heterocycles. The van der Waals surface area contributed by atoms with Gasteiger partial charge in [0, 0.05) is 24.7 Å². The maximum absolute atomic E-state index is 12.3. The summed E-state index contributed by atoms with van der Waals surface area (Å²) in [5, 5.41) is 3.46. The summed E-state index contributed by atoms with van der Waals surface area (Å²) in [5.74, 6) is 0.519. The number of rotatable bonds is 4. The number of hydrogen-bond donors (Lipinski definition) is 1. The third-order valence-corrected chi connectivity index (χ3v) is 5.09. The Morgan fingerprint density at radius 1 is 1.04 bits per heavy atom. The number of hydrogen-bond acceptors (Lipinski definition) is 4. The number of aromatic nitrogens is 2. The van der Waals surface area contributed by atoms with Crippen LogP contribution in [-0.2, 0) is 19.5 Å². The Kier molecular flexibility index (Phi) is 5.03. The number of nitrogens with zero attached hydrogens (tertiary/aromatic N) is 3. The molecule has 0 saturated heterocycles. The molecule has 0 bridgehead atoms. The monoisotopic (exact) mass is 378 g/mol. The van der Waals surface area contributed by atoms with Gasteiger partial charge in [-0.25, -0.2) is 9.97 Å². The molecule has 0 atom stereocenters. The third kappa shape index (κ3) is 3.93. The van der Waals surface area contributed by atoms with Crippen LogP contribution >= 0.6 is 11.6 Å². The fraction of sp³-hybridized carbons (Fsp3) is 0.190. The van der Waals surface area contributed by atoms with E-state index >= 15 is 0 Å². The number of fused-ring (bicyclic) bond motifs is 1. The lowest BCUT2D eigenvalue weighted by Gasteiger charge is -2.29. The van der Waals surface area contributed by atoms with E-state index in [0.717, 1.165) is 30.9 Å². The number of halogens is 1. The van der Waals surface area contributed by atoms with E-state index < -0.39 is 0 Å². The topological polar surface area (TPSA) is 58.1 Å². The van der Waals surface area contributed by atoms with E-state index in [0.29, 0.717) is 17.3 Å². The van der Waals surface area contributed by atoms with E-state index in [-0.39, 0.29) is 5.91 Å². The molecule has 0 unspecified atom stereocenters. The molecule has 4 rings (SSSR count). The van der Waals surface area contributed by atoms with Gasteiger partial charge in [-0.2, -0.15) is 0 Å². The Hall–Kier alpha value is -2.92. The maximum Gasteiger partial charge on any atom is 0.271 e. The number of anilines is 1. The Labute approximate surface area is 163 Å². The molecule has 0 saturated carbocycles. The van der Waals surface area contributed by atoms with E-state index in [1.807, 2.05) is 18.2 Å². The zero-order valence-electron chi connectivity index (χ0n) is 14.7. The molecule has 1 aliphatic rings. The highest BCUT2D eigenvalue weighted by molar-refractivity contribution is 6.31. The Morgan fingerprint density at radius 2 is 1.81 bits per heavy atom. The van der Waals surface area contributed by atoms with Crippen molar-refractivity contribution in [3.8, 4) is 0 Å². The highest BCUT2D eigenvalue weighted by Crippen LogP contribution is 2.22. The van der Waals surface area contributed by atoms with E-state index in [4.69, 9.17) is 11.6 Å². The first-order chi connectivity index (χ1) is 13.2. The van der Waals surface area contributed by atoms with Crippen LogP contribution in [0.4, 0.5) is 5.82 Å². The molecular formula is C21H19ClN4O. The zero-order chi connectivity index (χ0) is 18.6. The second-order valence-electron chi connectivity index (χ2n) is 6.47. The molecule has 5 nitrogen and oxygen atoms in total. The van der Waals surface area contributed by atoms with Crippen molar-refractivity contribution in [2.24, 2.45) is 0 Å². The van der Waals surface area contributed by atoms with Crippen LogP contribution in [0.25, 0.3) is 0 Å². The van der Waals surface area contributed by atoms with Gasteiger partial charge in [0.15, 0.2) is 0 Å². The summed E-state index contributed by atoms with van der Waals surface area (Å²) in [7, 11) is 0. The molecule has 27 heavy (non-hydrogen) atoms. The van der Waals surface area contributed by atoms with Crippen molar-refractivity contribution >= 4 is 23.3 Å². The van der Waals surface area contributed by atoms with Gasteiger partial charge >= 0.3 is 0 Å². The molecular weight excluding hydrogens is 360 g/mol. The lowest BCUT2D eigenvalue weighted by atomic mass is 10.0. The summed E-state index contributed by atoms with van der Waals surface area (Å²) in [6.07, 6.45) is 4.17. The molecule has 136 valence electrons. The van der Waals surface area contributed by atoms with Gasteiger partial charge in [-0.15, -0.1) is 0 Å². The van der Waals surface area contributed by atoms with Gasteiger partial charge in [0.25, 0.3) is 5.91 Å². The molecule has 0 radical (unpaired) electrons. The molecule has 6 heteroatoms. The minimum atomic E-state index is -0.266. The Morgan fingerprint density at radius 3 is 2.59 bits per heavy atom. The van der Waals surface area contributed by atoms with Crippen LogP contribution < -0.4 is 10.2 Å². The first kappa shape index (κ1) is 17.5. The van der Waals surface area contributed by atoms with Gasteiger partial charge in [-0.3, -0.25) is 4.79 Å². The maximum atomic E-state index is 12.3. The van der Waals surface area contributed by atoms with Crippen molar-refractivity contribution in [2.75, 3.05) is 11.4 Å². The molecule has 1 amide bonds. The van der Waals surface area contributed by atoms with Crippen molar-refractivity contribution in [3.05, 3.63) is 88.3 Å². The van der Waals surface area contributed by atoms with Crippen molar-refractivity contribution in [1.29, 1.82) is 0 Å². The lowest BCUT2D eigenvalue weighted by molar-refractivity contribution is 0.0945. The average molecular weight is 379 g/mol. The summed E-state index contributed by atoms with van der Waals surface area (Å²) in [4.78, 5) is 23.2. The number of benzene rings is 2. The van der Waals surface area contributed by atoms with Gasteiger partial charge in [-0.1, -0.05) is 54.1 Å². The number of carbonyl (C=O) groups excluding carboxylic acids is 1. The van der Waals surface area contributed by atoms with Gasteiger partial charge in [0.1, 0.15) is 11.5 Å². The molecule has 1 aromatic heterocycles. The summed E-state index contributed by atoms with van der Waals surface area (Å²) < 4.78 is 0. The number of nitrogens with one attached hydrogen (secondary N) is 1. The van der Waals surface area contributed by atoms with Crippen LogP contribution in [-0.4, -0.2) is 22.4 Å². The largest absolute Gasteiger partial charge is 0.351 e. The van der Waals surface area contributed by atoms with E-state index in [9.17, 15) is 4.79 Å². The Balaban J connectivity index is 1.40. The van der Waals surface area contributed by atoms with Crippen LogP contribution in [0.15, 0.2) is 60.9 Å². The number of amides is 1. The van der Waals surface area contributed by atoms with E-state index in [2.05, 4.69) is 44.5 Å². The summed E-state index contributed by atoms with van der Waals surface area (Å²) >= 11 is 6.11. The van der Waals surface area contributed by atoms with Crippen molar-refractivity contribution < 1.29 is 4.79 Å². The molecule has 0 spiro atoms. The summed E-state index contributed by atoms with van der Waals surface area (Å²) in [6, 6.07) is 15.9. The average Bonchev–Trinajstić information content (AvgIpc) is 2.73. The molecule has 0 aliphatic carbocycles. The summed E-state index contributed by atoms with van der Waals surface area (Å²) in [5.41, 5.74) is 3.86. The lowest BCUT2D eigenvalue weighted by Crippen LogP contribution is -2.31. The van der Waals surface area contributed by atoms with Crippen molar-refractivity contribution in [1.82, 2.24) is 15.3 Å². The van der Waals surface area contributed by atoms with Crippen LogP contribution in [0.2, 0.25) is 5.02 Å². The van der Waals surface area contributed by atoms with Gasteiger partial charge < -0.3 is 10.2 Å². The zero-order valence-corrected chi connectivity index (χ0v) is 15.5. The van der Waals surface area contributed by atoms with Crippen LogP contribution in [0.5, 0.6) is 0 Å². The first-order valence-corrected chi connectivity index (χ1v) is 9.24. The van der Waals surface area contributed by atoms with Gasteiger partial charge in [0.2, 0.25) is 0 Å². The highest BCUT2D eigenvalue weighted by atomic mass is 35.5. The third-order valence-electron chi connectivity index (χ3n) is 4.72. The first-order valence-electron chi connectivity index (χ1n) is 8.86. The van der Waals surface area contributed by atoms with E-state index in [1.54, 1.807) is 12.3 Å². The highest BCUT2D eigenvalue weighted by Gasteiger charge is 2.18. The van der Waals surface area contributed by atoms with Crippen LogP contribution in [0.1, 0.15) is 27.2 Å². The fourth-order valence-corrected chi connectivity index (χ4v) is 3.40. The number of carbonyl (C=O) groups is 1. The predicted octanol–water partition coefficient (Wildman–Crippen LogP) is 3.62. The summed E-state index contributed by atoms with van der Waals surface area (Å²) in [6.45, 7) is 2.05. The minimum absolute atomic E-state index is 0.266. The molecule has 2 aromatic carbocycles. The molecule has 3 aromatic rings. The fourth-order valence-electron chi connectivity index (χ4n) is 3.20. The van der Waals surface area contributed by atoms with Crippen molar-refractivity contribution in [3.63, 3.8) is 0 Å². The van der Waals surface area contributed by atoms with E-state index in [1.165, 1.54) is 17.3 Å². The SMILES string of the molecule is O=C(NCc1ccccc1Cl)c1cnc(N2CCc3ccccc3C2)cn1. The van der Waals surface area contributed by atoms with Crippen LogP contribution in [0, 0.1) is 0 Å². The van der Waals surface area contributed by atoms with Crippen LogP contribution in [0.3, 0.4) is 0 Å². The molecule has 0 fully saturated rings. The minimum Gasteiger partial charge on any atom is -0.351 e. The van der Waals surface area contributed by atoms with Crippen molar-refractivity contribution in [2.45, 2.75) is 19.5 Å². The smallest absolute Gasteiger partial charge is 0.271 e. The van der Waals surface area contributed by atoms with Gasteiger partial charge in [-0.05, 0) is 29.2 Å². The quantitative estimate of drug-likeness (QED) is 0.753. The normalized spacial score (nSPS) is 13.1. The molecule has 1 N–H and O–H groups in total. The second-order valence-corrected chi connectivity index (χ2v) is 6.88. The van der Waals surface area contributed by atoms with Gasteiger partial charge in [0.05, 0.1) is 12.4 Å². The standard InChI is InChI=1S/C21H19ClN4O/c22-18-8-4-3-6-16(18)11-25-21(27)19-12-24-20(13-23-19)26-10-9-15-5-1-2-7-17(15)14-26/h1-8,12-13H,9-11,14H2,(H,25,27). The predicted molar refractivity (Wildman–Crippen MR) is 106 cm³/mol. The molecule has 2 heterocycles. The Bertz CT molecular complexity index is 958. The second kappa shape index (κ2) is 7.76.